The number of alkyl halides is 3. The van der Waals surface area contributed by atoms with Gasteiger partial charge in [-0.25, -0.2) is 8.42 Å². The summed E-state index contributed by atoms with van der Waals surface area (Å²) in [5.41, 5.74) is 1.46. The zero-order valence-corrected chi connectivity index (χ0v) is 29.4. The van der Waals surface area contributed by atoms with Crippen molar-refractivity contribution < 1.29 is 31.2 Å². The first-order valence-corrected chi connectivity index (χ1v) is 18.2. The second kappa shape index (κ2) is 15.7. The van der Waals surface area contributed by atoms with E-state index in [1.807, 2.05) is 55.5 Å². The minimum absolute atomic E-state index is 0.0477. The second-order valence-corrected chi connectivity index (χ2v) is 14.9. The van der Waals surface area contributed by atoms with Crippen LogP contribution in [0.2, 0.25) is 5.02 Å². The number of benzene rings is 4. The molecule has 264 valence electrons. The van der Waals surface area contributed by atoms with Crippen LogP contribution in [0, 0.1) is 13.8 Å². The predicted octanol–water partition coefficient (Wildman–Crippen LogP) is 7.87. The van der Waals surface area contributed by atoms with E-state index in [2.05, 4.69) is 5.32 Å². The Morgan fingerprint density at radius 2 is 1.54 bits per heavy atom. The van der Waals surface area contributed by atoms with Crippen molar-refractivity contribution in [3.05, 3.63) is 130 Å². The van der Waals surface area contributed by atoms with Crippen LogP contribution in [0.3, 0.4) is 0 Å². The third kappa shape index (κ3) is 8.86. The molecule has 0 radical (unpaired) electrons. The zero-order chi connectivity index (χ0) is 36.1. The van der Waals surface area contributed by atoms with Crippen LogP contribution < -0.4 is 9.62 Å². The van der Waals surface area contributed by atoms with Gasteiger partial charge in [-0.1, -0.05) is 96.7 Å². The van der Waals surface area contributed by atoms with Gasteiger partial charge in [-0.2, -0.15) is 13.2 Å². The van der Waals surface area contributed by atoms with Gasteiger partial charge in [0, 0.05) is 19.0 Å². The molecular weight excluding hydrogens is 687 g/mol. The molecule has 1 aliphatic rings. The van der Waals surface area contributed by atoms with E-state index in [9.17, 15) is 31.2 Å². The summed E-state index contributed by atoms with van der Waals surface area (Å²) in [5.74, 6) is -1.16. The molecule has 1 atom stereocenters. The first kappa shape index (κ1) is 36.9. The average Bonchev–Trinajstić information content (AvgIpc) is 3.59. The van der Waals surface area contributed by atoms with Gasteiger partial charge in [0.15, 0.2) is 0 Å². The Labute approximate surface area is 296 Å². The third-order valence-corrected chi connectivity index (χ3v) is 11.1. The Kier molecular flexibility index (Phi) is 11.6. The van der Waals surface area contributed by atoms with Crippen LogP contribution in [0.25, 0.3) is 0 Å². The van der Waals surface area contributed by atoms with Crippen LogP contribution in [0.4, 0.5) is 18.9 Å². The summed E-state index contributed by atoms with van der Waals surface area (Å²) in [5, 5.41) is 2.49. The molecule has 1 saturated carbocycles. The number of nitrogens with one attached hydrogen (secondary N) is 1. The number of carbonyl (C=O) groups excluding carboxylic acids is 2. The second-order valence-electron chi connectivity index (χ2n) is 12.6. The molecule has 4 aromatic carbocycles. The first-order chi connectivity index (χ1) is 23.7. The molecule has 4 aromatic rings. The summed E-state index contributed by atoms with van der Waals surface area (Å²) in [4.78, 5) is 30.0. The van der Waals surface area contributed by atoms with Gasteiger partial charge in [0.2, 0.25) is 11.8 Å². The summed E-state index contributed by atoms with van der Waals surface area (Å²) < 4.78 is 71.2. The number of hydrogen-bond acceptors (Lipinski definition) is 4. The van der Waals surface area contributed by atoms with Crippen LogP contribution >= 0.6 is 11.6 Å². The number of amides is 2. The fourth-order valence-electron chi connectivity index (χ4n) is 6.14. The Bertz CT molecular complexity index is 1920. The number of anilines is 1. The maximum atomic E-state index is 14.7. The van der Waals surface area contributed by atoms with E-state index < -0.39 is 51.0 Å². The quantitative estimate of drug-likeness (QED) is 0.161. The average molecular weight is 726 g/mol. The number of sulfonamides is 1. The third-order valence-electron chi connectivity index (χ3n) is 9.01. The smallest absolute Gasteiger partial charge is 0.352 e. The number of carbonyl (C=O) groups is 2. The molecule has 1 fully saturated rings. The fourth-order valence-corrected chi connectivity index (χ4v) is 7.78. The van der Waals surface area contributed by atoms with E-state index in [0.29, 0.717) is 10.4 Å². The Morgan fingerprint density at radius 3 is 2.18 bits per heavy atom. The van der Waals surface area contributed by atoms with Crippen molar-refractivity contribution in [2.75, 3.05) is 10.8 Å². The number of hydrogen-bond donors (Lipinski definition) is 1. The number of rotatable bonds is 12. The molecule has 0 unspecified atom stereocenters. The Balaban J connectivity index is 1.62. The van der Waals surface area contributed by atoms with Crippen LogP contribution in [0.15, 0.2) is 102 Å². The molecule has 1 N–H and O–H groups in total. The standard InChI is InChI=1S/C38H39ClF3N3O4S/c1-26-16-19-32(20-17-26)50(48,49)45(31-18-21-34(39)33(23-31)38(40,41)42)25-36(46)44(24-29-13-7-6-10-27(29)2)35(22-28-11-4-3-5-12-28)37(47)43-30-14-8-9-15-30/h3-7,10-13,16-21,23,30,35H,8-9,14-15,22,24-25H2,1-2H3,(H,43,47)/t35-/m0/s1. The monoisotopic (exact) mass is 725 g/mol. The summed E-state index contributed by atoms with van der Waals surface area (Å²) >= 11 is 5.91. The highest BCUT2D eigenvalue weighted by Gasteiger charge is 2.38. The molecular formula is C38H39ClF3N3O4S. The van der Waals surface area contributed by atoms with Crippen LogP contribution in [0.1, 0.15) is 53.5 Å². The van der Waals surface area contributed by atoms with Crippen molar-refractivity contribution in [2.24, 2.45) is 0 Å². The molecule has 1 aliphatic carbocycles. The Hall–Kier alpha value is -4.35. The predicted molar refractivity (Wildman–Crippen MR) is 188 cm³/mol. The lowest BCUT2D eigenvalue weighted by Crippen LogP contribution is -2.54. The highest BCUT2D eigenvalue weighted by Crippen LogP contribution is 2.38. The number of aryl methyl sites for hydroxylation is 2. The molecule has 0 aliphatic heterocycles. The van der Waals surface area contributed by atoms with Gasteiger partial charge >= 0.3 is 6.18 Å². The minimum Gasteiger partial charge on any atom is -0.352 e. The van der Waals surface area contributed by atoms with Crippen molar-refractivity contribution >= 4 is 39.1 Å². The van der Waals surface area contributed by atoms with Crippen molar-refractivity contribution in [1.82, 2.24) is 10.2 Å². The van der Waals surface area contributed by atoms with E-state index in [-0.39, 0.29) is 29.8 Å². The molecule has 5 rings (SSSR count). The van der Waals surface area contributed by atoms with Crippen LogP contribution in [-0.2, 0) is 38.8 Å². The lowest BCUT2D eigenvalue weighted by atomic mass is 10.0. The Morgan fingerprint density at radius 1 is 0.900 bits per heavy atom. The number of nitrogens with zero attached hydrogens (tertiary/aromatic N) is 2. The summed E-state index contributed by atoms with van der Waals surface area (Å²) in [6, 6.07) is 23.9. The maximum Gasteiger partial charge on any atom is 0.417 e. The van der Waals surface area contributed by atoms with Gasteiger partial charge < -0.3 is 10.2 Å². The summed E-state index contributed by atoms with van der Waals surface area (Å²) in [6.45, 7) is 2.69. The molecule has 12 heteroatoms. The van der Waals surface area contributed by atoms with Gasteiger partial charge in [0.25, 0.3) is 10.0 Å². The summed E-state index contributed by atoms with van der Waals surface area (Å²) in [7, 11) is -4.60. The van der Waals surface area contributed by atoms with Crippen molar-refractivity contribution in [2.45, 2.75) is 75.7 Å². The molecule has 0 heterocycles. The maximum absolute atomic E-state index is 14.7. The van der Waals surface area contributed by atoms with E-state index in [1.54, 1.807) is 25.1 Å². The molecule has 50 heavy (non-hydrogen) atoms. The molecule has 0 bridgehead atoms. The highest BCUT2D eigenvalue weighted by atomic mass is 35.5. The largest absolute Gasteiger partial charge is 0.417 e. The van der Waals surface area contributed by atoms with E-state index in [4.69, 9.17) is 11.6 Å². The zero-order valence-electron chi connectivity index (χ0n) is 27.8. The highest BCUT2D eigenvalue weighted by molar-refractivity contribution is 7.92. The number of halogens is 4. The molecule has 7 nitrogen and oxygen atoms in total. The van der Waals surface area contributed by atoms with E-state index in [0.717, 1.165) is 60.1 Å². The lowest BCUT2D eigenvalue weighted by Gasteiger charge is -2.34. The topological polar surface area (TPSA) is 86.8 Å². The van der Waals surface area contributed by atoms with Crippen molar-refractivity contribution in [3.8, 4) is 0 Å². The van der Waals surface area contributed by atoms with E-state index >= 15 is 0 Å². The summed E-state index contributed by atoms with van der Waals surface area (Å²) in [6.07, 6.45) is -1.24. The van der Waals surface area contributed by atoms with Gasteiger partial charge in [-0.15, -0.1) is 0 Å². The normalized spacial score (nSPS) is 14.3. The van der Waals surface area contributed by atoms with Crippen molar-refractivity contribution in [3.63, 3.8) is 0 Å². The molecule has 2 amide bonds. The molecule has 0 spiro atoms. The van der Waals surface area contributed by atoms with Gasteiger partial charge in [-0.05, 0) is 73.7 Å². The molecule has 0 saturated heterocycles. The fraction of sp³-hybridized carbons (Fsp3) is 0.316. The van der Waals surface area contributed by atoms with Crippen LogP contribution in [0.5, 0.6) is 0 Å². The lowest BCUT2D eigenvalue weighted by molar-refractivity contribution is -0.140. The molecule has 0 aromatic heterocycles. The van der Waals surface area contributed by atoms with Crippen molar-refractivity contribution in [1.29, 1.82) is 0 Å². The van der Waals surface area contributed by atoms with Gasteiger partial charge in [0.05, 0.1) is 21.2 Å². The SMILES string of the molecule is Cc1ccc(S(=O)(=O)N(CC(=O)N(Cc2ccccc2C)[C@@H](Cc2ccccc2)C(=O)NC2CCCC2)c2ccc(Cl)c(C(F)(F)F)c2)cc1. The first-order valence-electron chi connectivity index (χ1n) is 16.4. The van der Waals surface area contributed by atoms with Gasteiger partial charge in [-0.3, -0.25) is 13.9 Å². The minimum atomic E-state index is -4.90. The van der Waals surface area contributed by atoms with Gasteiger partial charge in [0.1, 0.15) is 12.6 Å². The van der Waals surface area contributed by atoms with E-state index in [1.165, 1.54) is 17.0 Å². The van der Waals surface area contributed by atoms with Crippen LogP contribution in [-0.4, -0.2) is 43.8 Å².